The first-order chi connectivity index (χ1) is 6.22. The van der Waals surface area contributed by atoms with E-state index in [0.29, 0.717) is 5.82 Å². The summed E-state index contributed by atoms with van der Waals surface area (Å²) in [5.41, 5.74) is 1.59. The third-order valence-corrected chi connectivity index (χ3v) is 2.36. The number of rotatable bonds is 1. The highest BCUT2D eigenvalue weighted by Gasteiger charge is 2.06. The summed E-state index contributed by atoms with van der Waals surface area (Å²) in [6.07, 6.45) is 0. The van der Waals surface area contributed by atoms with Gasteiger partial charge in [0.25, 0.3) is 0 Å². The Morgan fingerprint density at radius 3 is 3.00 bits per heavy atom. The summed E-state index contributed by atoms with van der Waals surface area (Å²) >= 11 is 3.34. The van der Waals surface area contributed by atoms with Crippen molar-refractivity contribution in [2.75, 3.05) is 5.84 Å². The van der Waals surface area contributed by atoms with Crippen LogP contribution in [0.5, 0.6) is 0 Å². The Balaban J connectivity index is 2.77. The number of imidazole rings is 1. The number of halogens is 1. The van der Waals surface area contributed by atoms with Crippen LogP contribution in [0.1, 0.15) is 5.82 Å². The van der Waals surface area contributed by atoms with Gasteiger partial charge < -0.3 is 10.9 Å². The standard InChI is InChI=1S/C8H8BrN3O/c9-5-1-2-6-7(3-5)12(10)8(4-13)11-6/h1-3,13H,4,10H2. The van der Waals surface area contributed by atoms with Crippen molar-refractivity contribution in [3.8, 4) is 0 Å². The first kappa shape index (κ1) is 8.52. The van der Waals surface area contributed by atoms with Gasteiger partial charge in [0, 0.05) is 4.47 Å². The second kappa shape index (κ2) is 3.01. The Morgan fingerprint density at radius 1 is 1.54 bits per heavy atom. The number of aliphatic hydroxyl groups is 1. The number of aliphatic hydroxyl groups excluding tert-OH is 1. The fourth-order valence-corrected chi connectivity index (χ4v) is 1.58. The molecule has 0 unspecified atom stereocenters. The molecule has 0 fully saturated rings. The molecule has 1 aromatic heterocycles. The van der Waals surface area contributed by atoms with Crippen LogP contribution in [0.3, 0.4) is 0 Å². The lowest BCUT2D eigenvalue weighted by Gasteiger charge is -1.97. The van der Waals surface area contributed by atoms with Crippen molar-refractivity contribution < 1.29 is 5.11 Å². The fourth-order valence-electron chi connectivity index (χ4n) is 1.23. The van der Waals surface area contributed by atoms with Crippen LogP contribution in [0.25, 0.3) is 11.0 Å². The van der Waals surface area contributed by atoms with Crippen molar-refractivity contribution >= 4 is 27.0 Å². The van der Waals surface area contributed by atoms with E-state index in [0.717, 1.165) is 15.5 Å². The minimum Gasteiger partial charge on any atom is -0.388 e. The van der Waals surface area contributed by atoms with E-state index >= 15 is 0 Å². The van der Waals surface area contributed by atoms with Gasteiger partial charge in [-0.05, 0) is 18.2 Å². The molecular formula is C8H8BrN3O. The molecule has 3 N–H and O–H groups in total. The Morgan fingerprint density at radius 2 is 2.31 bits per heavy atom. The van der Waals surface area contributed by atoms with Gasteiger partial charge in [0.05, 0.1) is 11.0 Å². The Kier molecular flexibility index (Phi) is 1.97. The Hall–Kier alpha value is -1.07. The van der Waals surface area contributed by atoms with E-state index in [1.807, 2.05) is 18.2 Å². The van der Waals surface area contributed by atoms with Crippen LogP contribution in [-0.4, -0.2) is 14.8 Å². The second-order valence-electron chi connectivity index (χ2n) is 2.69. The first-order valence-electron chi connectivity index (χ1n) is 3.75. The second-order valence-corrected chi connectivity index (χ2v) is 3.60. The maximum absolute atomic E-state index is 8.91. The molecule has 2 aromatic rings. The van der Waals surface area contributed by atoms with Gasteiger partial charge in [0.1, 0.15) is 6.61 Å². The maximum Gasteiger partial charge on any atom is 0.153 e. The maximum atomic E-state index is 8.91. The lowest BCUT2D eigenvalue weighted by molar-refractivity contribution is 0.269. The number of benzene rings is 1. The van der Waals surface area contributed by atoms with Crippen LogP contribution in [0.15, 0.2) is 22.7 Å². The van der Waals surface area contributed by atoms with E-state index in [-0.39, 0.29) is 6.61 Å². The molecule has 0 aliphatic heterocycles. The summed E-state index contributed by atoms with van der Waals surface area (Å²) in [5, 5.41) is 8.91. The number of hydrogen-bond acceptors (Lipinski definition) is 3. The topological polar surface area (TPSA) is 64.1 Å². The molecule has 5 heteroatoms. The summed E-state index contributed by atoms with van der Waals surface area (Å²) in [6, 6.07) is 5.60. The quantitative estimate of drug-likeness (QED) is 0.733. The van der Waals surface area contributed by atoms with Crippen molar-refractivity contribution in [1.82, 2.24) is 9.66 Å². The van der Waals surface area contributed by atoms with Gasteiger partial charge in [-0.1, -0.05) is 15.9 Å². The smallest absolute Gasteiger partial charge is 0.153 e. The minimum atomic E-state index is -0.150. The summed E-state index contributed by atoms with van der Waals surface area (Å²) in [6.45, 7) is -0.150. The molecule has 0 saturated carbocycles. The molecule has 0 bridgehead atoms. The van der Waals surface area contributed by atoms with Crippen molar-refractivity contribution in [2.24, 2.45) is 0 Å². The van der Waals surface area contributed by atoms with Gasteiger partial charge in [-0.3, -0.25) is 0 Å². The number of aromatic nitrogens is 2. The Labute approximate surface area is 83.1 Å². The molecular weight excluding hydrogens is 234 g/mol. The summed E-state index contributed by atoms with van der Waals surface area (Å²) in [4.78, 5) is 4.14. The molecule has 0 aliphatic rings. The molecule has 0 aliphatic carbocycles. The molecule has 0 radical (unpaired) electrons. The van der Waals surface area contributed by atoms with Crippen LogP contribution < -0.4 is 5.84 Å². The molecule has 1 heterocycles. The van der Waals surface area contributed by atoms with Crippen LogP contribution in [0.2, 0.25) is 0 Å². The number of nitrogens with two attached hydrogens (primary N) is 1. The van der Waals surface area contributed by atoms with Crippen LogP contribution in [0.4, 0.5) is 0 Å². The molecule has 1 aromatic carbocycles. The van der Waals surface area contributed by atoms with Crippen molar-refractivity contribution in [1.29, 1.82) is 0 Å². The molecule has 0 atom stereocenters. The molecule has 13 heavy (non-hydrogen) atoms. The largest absolute Gasteiger partial charge is 0.388 e. The zero-order valence-electron chi connectivity index (χ0n) is 6.74. The van der Waals surface area contributed by atoms with Gasteiger partial charge in [-0.25, -0.2) is 9.66 Å². The molecule has 0 spiro atoms. The van der Waals surface area contributed by atoms with Gasteiger partial charge in [0.15, 0.2) is 5.82 Å². The highest BCUT2D eigenvalue weighted by atomic mass is 79.9. The average Bonchev–Trinajstić information content (AvgIpc) is 2.44. The highest BCUT2D eigenvalue weighted by molar-refractivity contribution is 9.10. The summed E-state index contributed by atoms with van der Waals surface area (Å²) < 4.78 is 2.33. The molecule has 68 valence electrons. The average molecular weight is 242 g/mol. The predicted octanol–water partition coefficient (Wildman–Crippen LogP) is 1.00. The summed E-state index contributed by atoms with van der Waals surface area (Å²) in [7, 11) is 0. The first-order valence-corrected chi connectivity index (χ1v) is 4.54. The molecule has 4 nitrogen and oxygen atoms in total. The predicted molar refractivity (Wildman–Crippen MR) is 53.5 cm³/mol. The van der Waals surface area contributed by atoms with E-state index in [1.54, 1.807) is 0 Å². The van der Waals surface area contributed by atoms with Crippen LogP contribution in [-0.2, 0) is 6.61 Å². The van der Waals surface area contributed by atoms with E-state index in [1.165, 1.54) is 4.68 Å². The zero-order chi connectivity index (χ0) is 9.42. The Bertz CT molecular complexity index is 452. The zero-order valence-corrected chi connectivity index (χ0v) is 8.32. The van der Waals surface area contributed by atoms with Gasteiger partial charge in [0.2, 0.25) is 0 Å². The lowest BCUT2D eigenvalue weighted by Crippen LogP contribution is -2.12. The van der Waals surface area contributed by atoms with Crippen molar-refractivity contribution in [3.63, 3.8) is 0 Å². The van der Waals surface area contributed by atoms with Gasteiger partial charge in [-0.15, -0.1) is 0 Å². The van der Waals surface area contributed by atoms with Gasteiger partial charge >= 0.3 is 0 Å². The van der Waals surface area contributed by atoms with E-state index in [9.17, 15) is 0 Å². The van der Waals surface area contributed by atoms with Crippen LogP contribution >= 0.6 is 15.9 Å². The van der Waals surface area contributed by atoms with Gasteiger partial charge in [-0.2, -0.15) is 0 Å². The number of hydrogen-bond donors (Lipinski definition) is 2. The lowest BCUT2D eigenvalue weighted by atomic mass is 10.3. The van der Waals surface area contributed by atoms with E-state index < -0.39 is 0 Å². The minimum absolute atomic E-state index is 0.150. The molecule has 0 amide bonds. The van der Waals surface area contributed by atoms with E-state index in [4.69, 9.17) is 10.9 Å². The monoisotopic (exact) mass is 241 g/mol. The summed E-state index contributed by atoms with van der Waals surface area (Å²) in [5.74, 6) is 6.16. The van der Waals surface area contributed by atoms with E-state index in [2.05, 4.69) is 20.9 Å². The normalized spacial score (nSPS) is 10.9. The van der Waals surface area contributed by atoms with Crippen LogP contribution in [0, 0.1) is 0 Å². The highest BCUT2D eigenvalue weighted by Crippen LogP contribution is 2.19. The number of fused-ring (bicyclic) bond motifs is 1. The third kappa shape index (κ3) is 1.30. The molecule has 0 saturated heterocycles. The third-order valence-electron chi connectivity index (χ3n) is 1.87. The SMILES string of the molecule is Nn1c(CO)nc2ccc(Br)cc21. The van der Waals surface area contributed by atoms with Crippen molar-refractivity contribution in [3.05, 3.63) is 28.5 Å². The fraction of sp³-hybridized carbons (Fsp3) is 0.125. The number of nitrogens with zero attached hydrogens (tertiary/aromatic N) is 2. The number of nitrogen functional groups attached to an aromatic ring is 1. The molecule has 2 rings (SSSR count). The van der Waals surface area contributed by atoms with Crippen molar-refractivity contribution in [2.45, 2.75) is 6.61 Å².